The van der Waals surface area contributed by atoms with E-state index in [0.29, 0.717) is 5.76 Å². The summed E-state index contributed by atoms with van der Waals surface area (Å²) in [6.07, 6.45) is 1.53. The molecule has 7 heteroatoms. The fraction of sp³-hybridized carbons (Fsp3) is 0.214. The summed E-state index contributed by atoms with van der Waals surface area (Å²) in [6, 6.07) is 8.88. The lowest BCUT2D eigenvalue weighted by atomic mass is 10.2. The van der Waals surface area contributed by atoms with Gasteiger partial charge in [-0.3, -0.25) is 14.9 Å². The first kappa shape index (κ1) is 14.6. The van der Waals surface area contributed by atoms with Gasteiger partial charge in [-0.15, -0.1) is 0 Å². The number of amides is 1. The molecule has 0 aliphatic rings. The molecule has 2 rings (SSSR count). The molecule has 1 aromatic carbocycles. The van der Waals surface area contributed by atoms with Crippen molar-refractivity contribution in [3.8, 4) is 5.75 Å². The van der Waals surface area contributed by atoms with Crippen molar-refractivity contribution in [2.45, 2.75) is 13.0 Å². The monoisotopic (exact) mass is 290 g/mol. The Labute approximate surface area is 120 Å². The summed E-state index contributed by atoms with van der Waals surface area (Å²) in [5, 5.41) is 13.3. The smallest absolute Gasteiger partial charge is 0.273 e. The van der Waals surface area contributed by atoms with E-state index in [1.165, 1.54) is 24.5 Å². The molecule has 1 N–H and O–H groups in total. The molecule has 7 nitrogen and oxygen atoms in total. The van der Waals surface area contributed by atoms with Crippen LogP contribution in [0.5, 0.6) is 5.75 Å². The number of furan rings is 1. The number of carbonyl (C=O) groups is 1. The van der Waals surface area contributed by atoms with Gasteiger partial charge in [-0.2, -0.15) is 0 Å². The van der Waals surface area contributed by atoms with Gasteiger partial charge in [0, 0.05) is 6.07 Å². The number of benzene rings is 1. The van der Waals surface area contributed by atoms with Gasteiger partial charge in [0.2, 0.25) is 0 Å². The maximum Gasteiger partial charge on any atom is 0.273 e. The predicted octanol–water partition coefficient (Wildman–Crippen LogP) is 2.44. The predicted molar refractivity (Wildman–Crippen MR) is 73.9 cm³/mol. The normalized spacial score (nSPS) is 11.7. The van der Waals surface area contributed by atoms with E-state index in [1.807, 2.05) is 0 Å². The quantitative estimate of drug-likeness (QED) is 0.651. The topological polar surface area (TPSA) is 94.6 Å². The van der Waals surface area contributed by atoms with Crippen LogP contribution in [0.3, 0.4) is 0 Å². The number of ether oxygens (including phenoxy) is 1. The Bertz CT molecular complexity index is 624. The summed E-state index contributed by atoms with van der Waals surface area (Å²) in [5.41, 5.74) is -0.0862. The fourth-order valence-electron chi connectivity index (χ4n) is 1.73. The van der Waals surface area contributed by atoms with E-state index in [-0.39, 0.29) is 30.0 Å². The fourth-order valence-corrected chi connectivity index (χ4v) is 1.73. The SMILES string of the molecule is C[C@H](NC(=O)COc1cccc([N+](=O)[O-])c1)c1ccco1. The van der Waals surface area contributed by atoms with Crippen LogP contribution in [0.25, 0.3) is 0 Å². The molecule has 0 saturated carbocycles. The Morgan fingerprint density at radius 2 is 2.24 bits per heavy atom. The first-order valence-corrected chi connectivity index (χ1v) is 6.26. The third kappa shape index (κ3) is 4.07. The average molecular weight is 290 g/mol. The van der Waals surface area contributed by atoms with Gasteiger partial charge in [0.25, 0.3) is 11.6 Å². The Morgan fingerprint density at radius 3 is 2.90 bits per heavy atom. The minimum atomic E-state index is -0.522. The van der Waals surface area contributed by atoms with Crippen molar-refractivity contribution < 1.29 is 18.9 Å². The zero-order valence-electron chi connectivity index (χ0n) is 11.3. The number of nitro benzene ring substituents is 1. The number of rotatable bonds is 6. The molecule has 1 amide bonds. The zero-order chi connectivity index (χ0) is 15.2. The molecule has 1 heterocycles. The summed E-state index contributed by atoms with van der Waals surface area (Å²) in [6.45, 7) is 1.55. The van der Waals surface area contributed by atoms with Crippen LogP contribution in [0, 0.1) is 10.1 Å². The van der Waals surface area contributed by atoms with Gasteiger partial charge in [0.15, 0.2) is 6.61 Å². The second kappa shape index (κ2) is 6.56. The second-order valence-corrected chi connectivity index (χ2v) is 4.35. The van der Waals surface area contributed by atoms with Gasteiger partial charge in [-0.25, -0.2) is 0 Å². The van der Waals surface area contributed by atoms with Crippen LogP contribution in [0.15, 0.2) is 47.1 Å². The summed E-state index contributed by atoms with van der Waals surface area (Å²) >= 11 is 0. The molecule has 2 aromatic rings. The van der Waals surface area contributed by atoms with Crippen molar-refractivity contribution in [1.29, 1.82) is 0 Å². The van der Waals surface area contributed by atoms with Crippen LogP contribution in [0.1, 0.15) is 18.7 Å². The third-order valence-corrected chi connectivity index (χ3v) is 2.75. The molecule has 0 saturated heterocycles. The number of nitro groups is 1. The molecule has 0 fully saturated rings. The Morgan fingerprint density at radius 1 is 1.43 bits per heavy atom. The van der Waals surface area contributed by atoms with Crippen LogP contribution in [-0.4, -0.2) is 17.4 Å². The maximum absolute atomic E-state index is 11.7. The van der Waals surface area contributed by atoms with Gasteiger partial charge in [-0.05, 0) is 25.1 Å². The number of nitrogens with one attached hydrogen (secondary N) is 1. The first-order chi connectivity index (χ1) is 10.1. The standard InChI is InChI=1S/C14H14N2O5/c1-10(13-6-3-7-20-13)15-14(17)9-21-12-5-2-4-11(8-12)16(18)19/h2-8,10H,9H2,1H3,(H,15,17)/t10-/m0/s1. The molecule has 0 unspecified atom stereocenters. The van der Waals surface area contributed by atoms with Gasteiger partial charge >= 0.3 is 0 Å². The van der Waals surface area contributed by atoms with Crippen molar-refractivity contribution in [1.82, 2.24) is 5.32 Å². The van der Waals surface area contributed by atoms with Crippen LogP contribution in [0.4, 0.5) is 5.69 Å². The van der Waals surface area contributed by atoms with Crippen molar-refractivity contribution in [3.63, 3.8) is 0 Å². The average Bonchev–Trinajstić information content (AvgIpc) is 2.99. The number of hydrogen-bond acceptors (Lipinski definition) is 5. The number of hydrogen-bond donors (Lipinski definition) is 1. The summed E-state index contributed by atoms with van der Waals surface area (Å²) in [7, 11) is 0. The number of carbonyl (C=O) groups excluding carboxylic acids is 1. The molecular formula is C14H14N2O5. The first-order valence-electron chi connectivity index (χ1n) is 6.26. The lowest BCUT2D eigenvalue weighted by Gasteiger charge is -2.12. The molecule has 0 spiro atoms. The van der Waals surface area contributed by atoms with Crippen LogP contribution < -0.4 is 10.1 Å². The van der Waals surface area contributed by atoms with E-state index in [1.54, 1.807) is 25.1 Å². The van der Waals surface area contributed by atoms with E-state index in [4.69, 9.17) is 9.15 Å². The van der Waals surface area contributed by atoms with E-state index in [0.717, 1.165) is 0 Å². The van der Waals surface area contributed by atoms with E-state index in [2.05, 4.69) is 5.32 Å². The highest BCUT2D eigenvalue weighted by molar-refractivity contribution is 5.77. The van der Waals surface area contributed by atoms with Crippen molar-refractivity contribution >= 4 is 11.6 Å². The van der Waals surface area contributed by atoms with E-state index >= 15 is 0 Å². The van der Waals surface area contributed by atoms with Gasteiger partial charge in [-0.1, -0.05) is 6.07 Å². The van der Waals surface area contributed by atoms with Crippen molar-refractivity contribution in [2.75, 3.05) is 6.61 Å². The largest absolute Gasteiger partial charge is 0.484 e. The maximum atomic E-state index is 11.7. The molecule has 21 heavy (non-hydrogen) atoms. The number of nitrogens with zero attached hydrogens (tertiary/aromatic N) is 1. The Hall–Kier alpha value is -2.83. The lowest BCUT2D eigenvalue weighted by Crippen LogP contribution is -2.31. The van der Waals surface area contributed by atoms with Crippen LogP contribution in [0.2, 0.25) is 0 Å². The van der Waals surface area contributed by atoms with E-state index in [9.17, 15) is 14.9 Å². The van der Waals surface area contributed by atoms with Gasteiger partial charge in [0.05, 0.1) is 23.3 Å². The highest BCUT2D eigenvalue weighted by Crippen LogP contribution is 2.19. The minimum absolute atomic E-state index is 0.0862. The van der Waals surface area contributed by atoms with Crippen LogP contribution >= 0.6 is 0 Å². The molecule has 0 radical (unpaired) electrons. The molecule has 0 aliphatic carbocycles. The Balaban J connectivity index is 1.86. The van der Waals surface area contributed by atoms with Crippen LogP contribution in [-0.2, 0) is 4.79 Å². The van der Waals surface area contributed by atoms with Crippen molar-refractivity contribution in [3.05, 3.63) is 58.5 Å². The lowest BCUT2D eigenvalue weighted by molar-refractivity contribution is -0.384. The van der Waals surface area contributed by atoms with Gasteiger partial charge < -0.3 is 14.5 Å². The molecule has 0 aliphatic heterocycles. The second-order valence-electron chi connectivity index (χ2n) is 4.35. The highest BCUT2D eigenvalue weighted by atomic mass is 16.6. The molecule has 1 aromatic heterocycles. The molecule has 0 bridgehead atoms. The molecule has 1 atom stereocenters. The molecular weight excluding hydrogens is 276 g/mol. The Kier molecular flexibility index (Phi) is 4.55. The third-order valence-electron chi connectivity index (χ3n) is 2.75. The zero-order valence-corrected chi connectivity index (χ0v) is 11.3. The summed E-state index contributed by atoms with van der Waals surface area (Å²) < 4.78 is 10.4. The summed E-state index contributed by atoms with van der Waals surface area (Å²) in [5.74, 6) is 0.564. The number of non-ortho nitro benzene ring substituents is 1. The van der Waals surface area contributed by atoms with E-state index < -0.39 is 4.92 Å². The minimum Gasteiger partial charge on any atom is -0.484 e. The van der Waals surface area contributed by atoms with Gasteiger partial charge in [0.1, 0.15) is 11.5 Å². The van der Waals surface area contributed by atoms with Crippen molar-refractivity contribution in [2.24, 2.45) is 0 Å². The summed E-state index contributed by atoms with van der Waals surface area (Å²) in [4.78, 5) is 21.8. The molecule has 110 valence electrons. The highest BCUT2D eigenvalue weighted by Gasteiger charge is 2.13.